The minimum Gasteiger partial charge on any atom is -0.285 e. The van der Waals surface area contributed by atoms with Gasteiger partial charge in [-0.25, -0.2) is 4.39 Å². The van der Waals surface area contributed by atoms with E-state index >= 15 is 0 Å². The van der Waals surface area contributed by atoms with Gasteiger partial charge in [-0.05, 0) is 34.1 Å². The number of hydrogen-bond donors (Lipinski definition) is 1. The molecule has 1 aromatic carbocycles. The zero-order valence-electron chi connectivity index (χ0n) is 6.89. The van der Waals surface area contributed by atoms with E-state index in [1.54, 1.807) is 12.3 Å². The molecule has 0 saturated heterocycles. The number of nitrogens with one attached hydrogen (secondary N) is 1. The number of aromatic amines is 1. The van der Waals surface area contributed by atoms with Crippen LogP contribution in [0.3, 0.4) is 0 Å². The van der Waals surface area contributed by atoms with Gasteiger partial charge in [0, 0.05) is 16.8 Å². The molecule has 2 aromatic rings. The van der Waals surface area contributed by atoms with Crippen LogP contribution in [-0.2, 0) is 0 Å². The van der Waals surface area contributed by atoms with Gasteiger partial charge < -0.3 is 0 Å². The van der Waals surface area contributed by atoms with Gasteiger partial charge in [0.05, 0.1) is 10.2 Å². The zero-order chi connectivity index (χ0) is 10.1. The highest BCUT2D eigenvalue weighted by Crippen LogP contribution is 2.30. The molecule has 0 aliphatic carbocycles. The number of H-pyrrole nitrogens is 1. The van der Waals surface area contributed by atoms with Crippen molar-refractivity contribution < 1.29 is 4.39 Å². The summed E-state index contributed by atoms with van der Waals surface area (Å²) in [6, 6.07) is 4.73. The molecule has 2 nitrogen and oxygen atoms in total. The summed E-state index contributed by atoms with van der Waals surface area (Å²) in [5.74, 6) is -0.360. The molecule has 1 aromatic heterocycles. The van der Waals surface area contributed by atoms with Crippen molar-refractivity contribution in [3.63, 3.8) is 0 Å². The Balaban J connectivity index is 2.64. The van der Waals surface area contributed by atoms with Gasteiger partial charge in [-0.15, -0.1) is 0 Å². The van der Waals surface area contributed by atoms with Crippen LogP contribution in [0.4, 0.5) is 4.39 Å². The summed E-state index contributed by atoms with van der Waals surface area (Å²) < 4.78 is 13.9. The van der Waals surface area contributed by atoms with Crippen LogP contribution < -0.4 is 0 Å². The molecule has 0 atom stereocenters. The normalized spacial score (nSPS) is 10.5. The Morgan fingerprint density at radius 1 is 1.43 bits per heavy atom. The monoisotopic (exact) mass is 274 g/mol. The van der Waals surface area contributed by atoms with Crippen LogP contribution in [0.25, 0.3) is 11.3 Å². The Morgan fingerprint density at radius 2 is 2.21 bits per heavy atom. The molecule has 0 radical (unpaired) electrons. The van der Waals surface area contributed by atoms with Crippen molar-refractivity contribution in [2.45, 2.75) is 0 Å². The number of aromatic nitrogens is 2. The molecule has 0 amide bonds. The molecule has 0 spiro atoms. The first-order valence-electron chi connectivity index (χ1n) is 3.83. The van der Waals surface area contributed by atoms with E-state index in [2.05, 4.69) is 26.1 Å². The average molecular weight is 276 g/mol. The van der Waals surface area contributed by atoms with Crippen LogP contribution in [0, 0.1) is 5.82 Å². The van der Waals surface area contributed by atoms with Crippen LogP contribution in [0.5, 0.6) is 0 Å². The van der Waals surface area contributed by atoms with E-state index in [1.807, 2.05) is 0 Å². The Morgan fingerprint density at radius 3 is 2.86 bits per heavy atom. The second kappa shape index (κ2) is 3.71. The summed E-state index contributed by atoms with van der Waals surface area (Å²) in [6.45, 7) is 0. The molecule has 1 heterocycles. The maximum Gasteiger partial charge on any atom is 0.146 e. The first kappa shape index (κ1) is 9.68. The van der Waals surface area contributed by atoms with Gasteiger partial charge >= 0.3 is 0 Å². The van der Waals surface area contributed by atoms with E-state index in [4.69, 9.17) is 11.6 Å². The Kier molecular flexibility index (Phi) is 2.56. The van der Waals surface area contributed by atoms with Crippen LogP contribution in [0.1, 0.15) is 0 Å². The number of benzene rings is 1. The average Bonchev–Trinajstić information content (AvgIpc) is 2.63. The van der Waals surface area contributed by atoms with Gasteiger partial charge in [-0.1, -0.05) is 11.6 Å². The number of halogens is 3. The van der Waals surface area contributed by atoms with E-state index < -0.39 is 0 Å². The summed E-state index contributed by atoms with van der Waals surface area (Å²) in [5, 5.41) is 6.97. The summed E-state index contributed by atoms with van der Waals surface area (Å²) in [6.07, 6.45) is 1.63. The van der Waals surface area contributed by atoms with E-state index in [-0.39, 0.29) is 5.82 Å². The number of nitrogens with zero attached hydrogens (tertiary/aromatic N) is 1. The maximum absolute atomic E-state index is 13.6. The second-order valence-corrected chi connectivity index (χ2v) is 4.00. The quantitative estimate of drug-likeness (QED) is 0.791. The molecular formula is C9H5BrClFN2. The summed E-state index contributed by atoms with van der Waals surface area (Å²) >= 11 is 8.89. The van der Waals surface area contributed by atoms with E-state index in [0.29, 0.717) is 20.8 Å². The third kappa shape index (κ3) is 1.67. The van der Waals surface area contributed by atoms with E-state index in [1.165, 1.54) is 12.1 Å². The lowest BCUT2D eigenvalue weighted by Gasteiger charge is -2.02. The molecule has 2 rings (SSSR count). The Hall–Kier alpha value is -0.870. The lowest BCUT2D eigenvalue weighted by Crippen LogP contribution is -1.86. The minimum atomic E-state index is -0.360. The third-order valence-electron chi connectivity index (χ3n) is 1.77. The molecule has 0 unspecified atom stereocenters. The highest BCUT2D eigenvalue weighted by atomic mass is 79.9. The summed E-state index contributed by atoms with van der Waals surface area (Å²) in [4.78, 5) is 0. The second-order valence-electron chi connectivity index (χ2n) is 2.71. The lowest BCUT2D eigenvalue weighted by atomic mass is 10.1. The van der Waals surface area contributed by atoms with Crippen LogP contribution in [0.2, 0.25) is 5.02 Å². The molecule has 1 N–H and O–H groups in total. The number of hydrogen-bond acceptors (Lipinski definition) is 1. The predicted octanol–water partition coefficient (Wildman–Crippen LogP) is 3.63. The van der Waals surface area contributed by atoms with E-state index in [0.717, 1.165) is 0 Å². The fourth-order valence-corrected chi connectivity index (χ4v) is 1.96. The first-order chi connectivity index (χ1) is 6.68. The summed E-state index contributed by atoms with van der Waals surface area (Å²) in [5.41, 5.74) is 0.913. The highest BCUT2D eigenvalue weighted by Gasteiger charge is 2.11. The predicted molar refractivity (Wildman–Crippen MR) is 56.7 cm³/mol. The molecule has 72 valence electrons. The molecule has 5 heteroatoms. The summed E-state index contributed by atoms with van der Waals surface area (Å²) in [7, 11) is 0. The third-order valence-corrected chi connectivity index (χ3v) is 2.56. The van der Waals surface area contributed by atoms with Crippen molar-refractivity contribution in [1.29, 1.82) is 0 Å². The van der Waals surface area contributed by atoms with Crippen molar-refractivity contribution in [1.82, 2.24) is 10.2 Å². The Labute approximate surface area is 93.2 Å². The van der Waals surface area contributed by atoms with Gasteiger partial charge in [-0.3, -0.25) is 5.10 Å². The van der Waals surface area contributed by atoms with Gasteiger partial charge in [0.25, 0.3) is 0 Å². The largest absolute Gasteiger partial charge is 0.285 e. The van der Waals surface area contributed by atoms with Gasteiger partial charge in [0.15, 0.2) is 0 Å². The molecule has 0 aliphatic heterocycles. The molecule has 0 aliphatic rings. The van der Waals surface area contributed by atoms with Gasteiger partial charge in [-0.2, -0.15) is 5.10 Å². The topological polar surface area (TPSA) is 28.7 Å². The molecule has 14 heavy (non-hydrogen) atoms. The zero-order valence-corrected chi connectivity index (χ0v) is 9.23. The van der Waals surface area contributed by atoms with Crippen LogP contribution in [-0.4, -0.2) is 10.2 Å². The van der Waals surface area contributed by atoms with Crippen LogP contribution >= 0.6 is 27.5 Å². The maximum atomic E-state index is 13.6. The van der Waals surface area contributed by atoms with Gasteiger partial charge in [0.2, 0.25) is 0 Å². The van der Waals surface area contributed by atoms with Crippen molar-refractivity contribution in [3.05, 3.63) is 39.7 Å². The molecular weight excluding hydrogens is 270 g/mol. The van der Waals surface area contributed by atoms with Crippen molar-refractivity contribution >= 4 is 27.5 Å². The molecule has 0 bridgehead atoms. The molecule has 0 saturated carbocycles. The van der Waals surface area contributed by atoms with Crippen molar-refractivity contribution in [3.8, 4) is 11.3 Å². The SMILES string of the molecule is Fc1c(Br)cc(Cl)cc1-c1cc[nH]n1. The lowest BCUT2D eigenvalue weighted by molar-refractivity contribution is 0.624. The van der Waals surface area contributed by atoms with Gasteiger partial charge in [0.1, 0.15) is 5.82 Å². The molecule has 0 fully saturated rings. The minimum absolute atomic E-state index is 0.336. The Bertz CT molecular complexity index is 456. The fraction of sp³-hybridized carbons (Fsp3) is 0. The smallest absolute Gasteiger partial charge is 0.146 e. The highest BCUT2D eigenvalue weighted by molar-refractivity contribution is 9.10. The first-order valence-corrected chi connectivity index (χ1v) is 5.00. The van der Waals surface area contributed by atoms with Crippen molar-refractivity contribution in [2.24, 2.45) is 0 Å². The van der Waals surface area contributed by atoms with Crippen molar-refractivity contribution in [2.75, 3.05) is 0 Å². The number of rotatable bonds is 1. The van der Waals surface area contributed by atoms with E-state index in [9.17, 15) is 4.39 Å². The fourth-order valence-electron chi connectivity index (χ4n) is 1.15. The standard InChI is InChI=1S/C9H5BrClFN2/c10-7-4-5(11)3-6(9(7)12)8-1-2-13-14-8/h1-4H,(H,13,14). The van der Waals surface area contributed by atoms with Crippen LogP contribution in [0.15, 0.2) is 28.9 Å².